The van der Waals surface area contributed by atoms with Crippen LogP contribution in [0.3, 0.4) is 0 Å². The number of likely N-dealkylation sites (N-methyl/N-ethyl adjacent to an activating group) is 1. The molecule has 21 heavy (non-hydrogen) atoms. The molecule has 0 aliphatic carbocycles. The van der Waals surface area contributed by atoms with Gasteiger partial charge >= 0.3 is 0 Å². The molecule has 1 unspecified atom stereocenters. The zero-order valence-electron chi connectivity index (χ0n) is 13.0. The summed E-state index contributed by atoms with van der Waals surface area (Å²) in [6.45, 7) is 6.77. The molecule has 1 aromatic rings. The molecular formula is C17H23N3O. The van der Waals surface area contributed by atoms with Crippen molar-refractivity contribution in [2.75, 3.05) is 26.7 Å². The SMILES string of the molecule is CC1=C2NC[C@@H](N(C)CCOc3ccc(C)cc3)C2N=C1. The van der Waals surface area contributed by atoms with Gasteiger partial charge in [0.15, 0.2) is 0 Å². The first-order chi connectivity index (χ1) is 10.1. The molecule has 2 heterocycles. The topological polar surface area (TPSA) is 36.9 Å². The van der Waals surface area contributed by atoms with Gasteiger partial charge in [-0.05, 0) is 38.6 Å². The molecule has 0 saturated carbocycles. The maximum absolute atomic E-state index is 5.81. The molecule has 4 heteroatoms. The number of hydrogen-bond acceptors (Lipinski definition) is 4. The molecule has 1 fully saturated rings. The van der Waals surface area contributed by atoms with Crippen LogP contribution >= 0.6 is 0 Å². The summed E-state index contributed by atoms with van der Waals surface area (Å²) in [4.78, 5) is 6.96. The van der Waals surface area contributed by atoms with Crippen LogP contribution in [-0.2, 0) is 0 Å². The van der Waals surface area contributed by atoms with Crippen molar-refractivity contribution in [3.63, 3.8) is 0 Å². The number of allylic oxidation sites excluding steroid dienone is 1. The minimum absolute atomic E-state index is 0.286. The summed E-state index contributed by atoms with van der Waals surface area (Å²) >= 11 is 0. The Hall–Kier alpha value is -1.81. The number of ether oxygens (including phenoxy) is 1. The van der Waals surface area contributed by atoms with Crippen LogP contribution in [-0.4, -0.2) is 49.9 Å². The van der Waals surface area contributed by atoms with Crippen LogP contribution in [0.1, 0.15) is 12.5 Å². The first-order valence-electron chi connectivity index (χ1n) is 7.52. The fourth-order valence-corrected chi connectivity index (χ4v) is 2.94. The molecule has 1 N–H and O–H groups in total. The van der Waals surface area contributed by atoms with Crippen LogP contribution in [0.15, 0.2) is 40.5 Å². The summed E-state index contributed by atoms with van der Waals surface area (Å²) in [5, 5.41) is 3.49. The summed E-state index contributed by atoms with van der Waals surface area (Å²) in [5.41, 5.74) is 3.82. The van der Waals surface area contributed by atoms with Crippen LogP contribution in [0.25, 0.3) is 0 Å². The van der Waals surface area contributed by atoms with Gasteiger partial charge in [-0.1, -0.05) is 17.7 Å². The Balaban J connectivity index is 1.50. The molecule has 4 nitrogen and oxygen atoms in total. The van der Waals surface area contributed by atoms with E-state index in [-0.39, 0.29) is 6.04 Å². The van der Waals surface area contributed by atoms with E-state index in [0.717, 1.165) is 18.8 Å². The predicted molar refractivity (Wildman–Crippen MR) is 86.1 cm³/mol. The molecule has 2 aliphatic rings. The van der Waals surface area contributed by atoms with Gasteiger partial charge in [0.2, 0.25) is 0 Å². The minimum atomic E-state index is 0.286. The molecular weight excluding hydrogens is 262 g/mol. The lowest BCUT2D eigenvalue weighted by molar-refractivity contribution is 0.193. The summed E-state index contributed by atoms with van der Waals surface area (Å²) in [6.07, 6.45) is 1.98. The highest BCUT2D eigenvalue weighted by atomic mass is 16.5. The molecule has 0 radical (unpaired) electrons. The van der Waals surface area contributed by atoms with E-state index in [0.29, 0.717) is 12.6 Å². The maximum atomic E-state index is 5.81. The Labute approximate surface area is 126 Å². The largest absolute Gasteiger partial charge is 0.492 e. The average Bonchev–Trinajstić information content (AvgIpc) is 3.04. The summed E-state index contributed by atoms with van der Waals surface area (Å²) in [5.74, 6) is 0.939. The van der Waals surface area contributed by atoms with Gasteiger partial charge in [-0.15, -0.1) is 0 Å². The average molecular weight is 285 g/mol. The van der Waals surface area contributed by atoms with E-state index >= 15 is 0 Å². The molecule has 0 spiro atoms. The fraction of sp³-hybridized carbons (Fsp3) is 0.471. The molecule has 1 saturated heterocycles. The molecule has 2 aliphatic heterocycles. The fourth-order valence-electron chi connectivity index (χ4n) is 2.94. The lowest BCUT2D eigenvalue weighted by Gasteiger charge is -2.25. The molecule has 2 atom stereocenters. The van der Waals surface area contributed by atoms with Gasteiger partial charge in [0, 0.05) is 25.0 Å². The van der Waals surface area contributed by atoms with Gasteiger partial charge in [0.1, 0.15) is 18.4 Å². The van der Waals surface area contributed by atoms with Gasteiger partial charge < -0.3 is 10.1 Å². The Morgan fingerprint density at radius 1 is 1.29 bits per heavy atom. The van der Waals surface area contributed by atoms with E-state index < -0.39 is 0 Å². The van der Waals surface area contributed by atoms with E-state index in [4.69, 9.17) is 4.74 Å². The normalized spacial score (nSPS) is 23.6. The monoisotopic (exact) mass is 285 g/mol. The van der Waals surface area contributed by atoms with Crippen LogP contribution in [0.2, 0.25) is 0 Å². The maximum Gasteiger partial charge on any atom is 0.119 e. The highest BCUT2D eigenvalue weighted by Crippen LogP contribution is 2.26. The van der Waals surface area contributed by atoms with E-state index in [2.05, 4.69) is 48.2 Å². The van der Waals surface area contributed by atoms with Crippen LogP contribution in [0.4, 0.5) is 0 Å². The van der Waals surface area contributed by atoms with Crippen LogP contribution in [0.5, 0.6) is 5.75 Å². The van der Waals surface area contributed by atoms with E-state index in [1.54, 1.807) is 0 Å². The number of fused-ring (bicyclic) bond motifs is 1. The van der Waals surface area contributed by atoms with Crippen LogP contribution < -0.4 is 10.1 Å². The summed E-state index contributed by atoms with van der Waals surface area (Å²) in [6, 6.07) is 8.92. The molecule has 0 amide bonds. The van der Waals surface area contributed by atoms with Crippen molar-refractivity contribution in [1.29, 1.82) is 0 Å². The standard InChI is InChI=1S/C17H23N3O/c1-12-4-6-14(7-5-12)21-9-8-20(3)15-11-19-16-13(2)10-18-17(15)16/h4-7,10,15,17,19H,8-9,11H2,1-3H3/t15-,17?/m1/s1. The predicted octanol–water partition coefficient (Wildman–Crippen LogP) is 2.00. The van der Waals surface area contributed by atoms with Crippen molar-refractivity contribution >= 4 is 6.21 Å². The van der Waals surface area contributed by atoms with Gasteiger partial charge in [-0.2, -0.15) is 0 Å². The van der Waals surface area contributed by atoms with Crippen molar-refractivity contribution in [3.8, 4) is 5.75 Å². The van der Waals surface area contributed by atoms with E-state index in [9.17, 15) is 0 Å². The number of benzene rings is 1. The van der Waals surface area contributed by atoms with Crippen molar-refractivity contribution < 1.29 is 4.74 Å². The highest BCUT2D eigenvalue weighted by molar-refractivity contribution is 5.82. The van der Waals surface area contributed by atoms with Crippen LogP contribution in [0, 0.1) is 6.92 Å². The Morgan fingerprint density at radius 3 is 2.81 bits per heavy atom. The van der Waals surface area contributed by atoms with Crippen molar-refractivity contribution in [2.24, 2.45) is 4.99 Å². The third-order valence-electron chi connectivity index (χ3n) is 4.32. The second-order valence-corrected chi connectivity index (χ2v) is 5.91. The third kappa shape index (κ3) is 2.95. The number of nitrogens with one attached hydrogen (secondary N) is 1. The molecule has 0 bridgehead atoms. The number of aliphatic imine (C=N–C) groups is 1. The van der Waals surface area contributed by atoms with Gasteiger partial charge in [0.05, 0.1) is 6.04 Å². The number of hydrogen-bond donors (Lipinski definition) is 1. The number of aryl methyl sites for hydroxylation is 1. The smallest absolute Gasteiger partial charge is 0.119 e. The second kappa shape index (κ2) is 5.90. The van der Waals surface area contributed by atoms with E-state index in [1.165, 1.54) is 16.8 Å². The van der Waals surface area contributed by atoms with Crippen molar-refractivity contribution in [2.45, 2.75) is 25.9 Å². The summed E-state index contributed by atoms with van der Waals surface area (Å²) in [7, 11) is 2.15. The quantitative estimate of drug-likeness (QED) is 0.899. The molecule has 1 aromatic carbocycles. The lowest BCUT2D eigenvalue weighted by Crippen LogP contribution is -2.41. The number of nitrogens with zero attached hydrogens (tertiary/aromatic N) is 2. The first kappa shape index (κ1) is 14.1. The Kier molecular flexibility index (Phi) is 3.97. The zero-order chi connectivity index (χ0) is 14.8. The van der Waals surface area contributed by atoms with Crippen molar-refractivity contribution in [1.82, 2.24) is 10.2 Å². The minimum Gasteiger partial charge on any atom is -0.492 e. The highest BCUT2D eigenvalue weighted by Gasteiger charge is 2.36. The molecule has 0 aromatic heterocycles. The molecule has 3 rings (SSSR count). The zero-order valence-corrected chi connectivity index (χ0v) is 13.0. The number of rotatable bonds is 5. The Bertz CT molecular complexity index is 562. The lowest BCUT2D eigenvalue weighted by atomic mass is 10.1. The van der Waals surface area contributed by atoms with Crippen molar-refractivity contribution in [3.05, 3.63) is 41.1 Å². The summed E-state index contributed by atoms with van der Waals surface area (Å²) < 4.78 is 5.81. The van der Waals surface area contributed by atoms with E-state index in [1.807, 2.05) is 18.3 Å². The Morgan fingerprint density at radius 2 is 2.05 bits per heavy atom. The van der Waals surface area contributed by atoms with Gasteiger partial charge in [-0.25, -0.2) is 0 Å². The van der Waals surface area contributed by atoms with Gasteiger partial charge in [0.25, 0.3) is 0 Å². The second-order valence-electron chi connectivity index (χ2n) is 5.91. The third-order valence-corrected chi connectivity index (χ3v) is 4.32. The van der Waals surface area contributed by atoms with Gasteiger partial charge in [-0.3, -0.25) is 9.89 Å². The first-order valence-corrected chi connectivity index (χ1v) is 7.52. The molecule has 112 valence electrons.